The van der Waals surface area contributed by atoms with Crippen LogP contribution < -0.4 is 4.90 Å². The second-order valence-electron chi connectivity index (χ2n) is 5.06. The van der Waals surface area contributed by atoms with Crippen LogP contribution in [0, 0.1) is 11.6 Å². The first-order valence-corrected chi connectivity index (χ1v) is 7.51. The molecule has 1 N–H and O–H groups in total. The third-order valence-corrected chi connectivity index (χ3v) is 4.25. The monoisotopic (exact) mass is 309 g/mol. The largest absolute Gasteiger partial charge is 0.478 e. The van der Waals surface area contributed by atoms with Gasteiger partial charge in [0, 0.05) is 12.6 Å². The summed E-state index contributed by atoms with van der Waals surface area (Å²) in [5.41, 5.74) is 0.530. The van der Waals surface area contributed by atoms with E-state index in [4.69, 9.17) is 5.11 Å². The molecular weight excluding hydrogens is 296 g/mol. The molecule has 0 aliphatic heterocycles. The number of halogens is 2. The van der Waals surface area contributed by atoms with Crippen LogP contribution in [0.5, 0.6) is 0 Å². The average molecular weight is 309 g/mol. The quantitative estimate of drug-likeness (QED) is 0.911. The van der Waals surface area contributed by atoms with Crippen molar-refractivity contribution in [3.63, 3.8) is 0 Å². The fourth-order valence-corrected chi connectivity index (χ4v) is 2.96. The second-order valence-corrected chi connectivity index (χ2v) is 5.84. The summed E-state index contributed by atoms with van der Waals surface area (Å²) in [5.74, 6) is -3.85. The van der Waals surface area contributed by atoms with Gasteiger partial charge in [0.05, 0.1) is 11.3 Å². The van der Waals surface area contributed by atoms with Crippen molar-refractivity contribution in [2.75, 3.05) is 4.90 Å². The molecule has 0 radical (unpaired) electrons. The highest BCUT2D eigenvalue weighted by atomic mass is 32.1. The van der Waals surface area contributed by atoms with Gasteiger partial charge in [-0.15, -0.1) is 0 Å². The molecule has 0 saturated heterocycles. The number of benzene rings is 1. The number of aromatic carboxylic acids is 1. The van der Waals surface area contributed by atoms with Gasteiger partial charge < -0.3 is 10.0 Å². The van der Waals surface area contributed by atoms with E-state index < -0.39 is 23.2 Å². The van der Waals surface area contributed by atoms with Crippen molar-refractivity contribution in [2.45, 2.75) is 25.4 Å². The summed E-state index contributed by atoms with van der Waals surface area (Å²) in [6, 6.07) is 4.61. The van der Waals surface area contributed by atoms with Crippen LogP contribution in [0.3, 0.4) is 0 Å². The smallest absolute Gasteiger partial charge is 0.338 e. The SMILES string of the molecule is O=C(O)c1ccc(N(Cc2ccsc2)C2CC2)c(F)c1F. The van der Waals surface area contributed by atoms with Crippen LogP contribution in [-0.4, -0.2) is 17.1 Å². The first-order chi connectivity index (χ1) is 10.1. The van der Waals surface area contributed by atoms with Gasteiger partial charge in [-0.3, -0.25) is 0 Å². The maximum Gasteiger partial charge on any atom is 0.338 e. The van der Waals surface area contributed by atoms with Gasteiger partial charge in [0.1, 0.15) is 0 Å². The molecule has 1 aliphatic carbocycles. The Hall–Kier alpha value is -1.95. The number of nitrogens with zero attached hydrogens (tertiary/aromatic N) is 1. The van der Waals surface area contributed by atoms with Crippen molar-refractivity contribution < 1.29 is 18.7 Å². The molecule has 0 spiro atoms. The zero-order valence-corrected chi connectivity index (χ0v) is 11.9. The van der Waals surface area contributed by atoms with Crippen LogP contribution in [0.25, 0.3) is 0 Å². The predicted molar refractivity (Wildman–Crippen MR) is 76.8 cm³/mol. The van der Waals surface area contributed by atoms with E-state index in [-0.39, 0.29) is 11.7 Å². The molecule has 2 aromatic rings. The van der Waals surface area contributed by atoms with E-state index in [1.54, 1.807) is 11.3 Å². The van der Waals surface area contributed by atoms with E-state index in [0.29, 0.717) is 6.54 Å². The summed E-state index contributed by atoms with van der Waals surface area (Å²) in [6.45, 7) is 0.497. The number of carboxylic acids is 1. The molecule has 3 nitrogen and oxygen atoms in total. The number of hydrogen-bond donors (Lipinski definition) is 1. The van der Waals surface area contributed by atoms with Crippen molar-refractivity contribution >= 4 is 23.0 Å². The molecule has 0 bridgehead atoms. The Morgan fingerprint density at radius 1 is 1.29 bits per heavy atom. The topological polar surface area (TPSA) is 40.5 Å². The molecule has 1 fully saturated rings. The summed E-state index contributed by atoms with van der Waals surface area (Å²) in [6.07, 6.45) is 1.87. The van der Waals surface area contributed by atoms with Crippen LogP contribution in [0.15, 0.2) is 29.0 Å². The first kappa shape index (κ1) is 14.0. The van der Waals surface area contributed by atoms with E-state index in [2.05, 4.69) is 0 Å². The maximum atomic E-state index is 14.2. The van der Waals surface area contributed by atoms with E-state index in [1.807, 2.05) is 21.7 Å². The minimum atomic E-state index is -1.46. The molecule has 0 unspecified atom stereocenters. The number of carbonyl (C=O) groups is 1. The molecule has 0 amide bonds. The van der Waals surface area contributed by atoms with Gasteiger partial charge in [0.25, 0.3) is 0 Å². The van der Waals surface area contributed by atoms with Gasteiger partial charge in [0.2, 0.25) is 0 Å². The lowest BCUT2D eigenvalue weighted by molar-refractivity contribution is 0.0690. The normalized spacial score (nSPS) is 14.2. The zero-order valence-electron chi connectivity index (χ0n) is 11.1. The summed E-state index contributed by atoms with van der Waals surface area (Å²) in [5, 5.41) is 12.7. The molecule has 1 saturated carbocycles. The lowest BCUT2D eigenvalue weighted by Crippen LogP contribution is -2.26. The molecular formula is C15H13F2NO2S. The number of rotatable bonds is 5. The average Bonchev–Trinajstić information content (AvgIpc) is 3.16. The van der Waals surface area contributed by atoms with Gasteiger partial charge in [-0.2, -0.15) is 11.3 Å². The molecule has 1 aromatic heterocycles. The standard InChI is InChI=1S/C15H13F2NO2S/c16-13-11(15(19)20)3-4-12(14(13)17)18(10-1-2-10)7-9-5-6-21-8-9/h3-6,8,10H,1-2,7H2,(H,19,20). The third kappa shape index (κ3) is 2.76. The molecule has 1 aromatic carbocycles. The lowest BCUT2D eigenvalue weighted by atomic mass is 10.1. The highest BCUT2D eigenvalue weighted by Crippen LogP contribution is 2.36. The summed E-state index contributed by atoms with van der Waals surface area (Å²) >= 11 is 1.55. The van der Waals surface area contributed by atoms with Crippen molar-refractivity contribution in [1.29, 1.82) is 0 Å². The third-order valence-electron chi connectivity index (χ3n) is 3.52. The molecule has 1 aliphatic rings. The van der Waals surface area contributed by atoms with Gasteiger partial charge >= 0.3 is 5.97 Å². The number of anilines is 1. The van der Waals surface area contributed by atoms with Crippen LogP contribution >= 0.6 is 11.3 Å². The van der Waals surface area contributed by atoms with Crippen LogP contribution in [0.2, 0.25) is 0 Å². The predicted octanol–water partition coefficient (Wildman–Crippen LogP) is 3.89. The fraction of sp³-hybridized carbons (Fsp3) is 0.267. The van der Waals surface area contributed by atoms with Gasteiger partial charge in [-0.1, -0.05) is 0 Å². The Labute approximate surface area is 124 Å². The molecule has 6 heteroatoms. The summed E-state index contributed by atoms with van der Waals surface area (Å²) < 4.78 is 28.1. The lowest BCUT2D eigenvalue weighted by Gasteiger charge is -2.25. The molecule has 21 heavy (non-hydrogen) atoms. The Morgan fingerprint density at radius 2 is 2.05 bits per heavy atom. The van der Waals surface area contributed by atoms with Crippen LogP contribution in [0.4, 0.5) is 14.5 Å². The van der Waals surface area contributed by atoms with Gasteiger partial charge in [0.15, 0.2) is 11.6 Å². The number of thiophene rings is 1. The summed E-state index contributed by atoms with van der Waals surface area (Å²) in [7, 11) is 0. The Kier molecular flexibility index (Phi) is 3.63. The number of hydrogen-bond acceptors (Lipinski definition) is 3. The van der Waals surface area contributed by atoms with Crippen molar-refractivity contribution in [3.05, 3.63) is 51.7 Å². The molecule has 1 heterocycles. The maximum absolute atomic E-state index is 14.2. The van der Waals surface area contributed by atoms with Crippen LogP contribution in [-0.2, 0) is 6.54 Å². The van der Waals surface area contributed by atoms with Crippen LogP contribution in [0.1, 0.15) is 28.8 Å². The van der Waals surface area contributed by atoms with Crippen molar-refractivity contribution in [2.24, 2.45) is 0 Å². The Balaban J connectivity index is 1.96. The highest BCUT2D eigenvalue weighted by Gasteiger charge is 2.32. The van der Waals surface area contributed by atoms with Crippen molar-refractivity contribution in [1.82, 2.24) is 0 Å². The first-order valence-electron chi connectivity index (χ1n) is 6.57. The fourth-order valence-electron chi connectivity index (χ4n) is 2.30. The van der Waals surface area contributed by atoms with Gasteiger partial charge in [-0.25, -0.2) is 13.6 Å². The summed E-state index contributed by atoms with van der Waals surface area (Å²) in [4.78, 5) is 12.7. The van der Waals surface area contributed by atoms with E-state index in [9.17, 15) is 13.6 Å². The Bertz CT molecular complexity index is 669. The zero-order chi connectivity index (χ0) is 15.0. The minimum Gasteiger partial charge on any atom is -0.478 e. The van der Waals surface area contributed by atoms with E-state index in [0.717, 1.165) is 24.5 Å². The molecule has 0 atom stereocenters. The van der Waals surface area contributed by atoms with E-state index >= 15 is 0 Å². The Morgan fingerprint density at radius 3 is 2.62 bits per heavy atom. The number of carboxylic acid groups (broad SMARTS) is 1. The molecule has 3 rings (SSSR count). The second kappa shape index (κ2) is 5.44. The van der Waals surface area contributed by atoms with E-state index in [1.165, 1.54) is 6.07 Å². The minimum absolute atomic E-state index is 0.131. The van der Waals surface area contributed by atoms with Gasteiger partial charge in [-0.05, 0) is 47.4 Å². The molecule has 110 valence electrons. The van der Waals surface area contributed by atoms with Crippen molar-refractivity contribution in [3.8, 4) is 0 Å². The highest BCUT2D eigenvalue weighted by molar-refractivity contribution is 7.07.